The topological polar surface area (TPSA) is 58.6 Å². The summed E-state index contributed by atoms with van der Waals surface area (Å²) >= 11 is 5.76. The molecule has 6 nitrogen and oxygen atoms in total. The highest BCUT2D eigenvalue weighted by Gasteiger charge is 2.41. The lowest BCUT2D eigenvalue weighted by atomic mass is 10.1. The molecule has 1 aromatic rings. The van der Waals surface area contributed by atoms with E-state index in [4.69, 9.17) is 16.3 Å². The lowest BCUT2D eigenvalue weighted by molar-refractivity contribution is -0.128. The van der Waals surface area contributed by atoms with Crippen LogP contribution in [0.2, 0.25) is 5.15 Å². The fraction of sp³-hybridized carbons (Fsp3) is 0.583. The zero-order valence-corrected chi connectivity index (χ0v) is 11.4. The number of anilines is 1. The van der Waals surface area contributed by atoms with Crippen LogP contribution in [0.1, 0.15) is 6.92 Å². The summed E-state index contributed by atoms with van der Waals surface area (Å²) in [6.45, 7) is 4.30. The van der Waals surface area contributed by atoms with Gasteiger partial charge in [0.1, 0.15) is 0 Å². The lowest BCUT2D eigenvalue weighted by Crippen LogP contribution is -2.51. The number of aromatic nitrogens is 2. The summed E-state index contributed by atoms with van der Waals surface area (Å²) in [7, 11) is 0. The van der Waals surface area contributed by atoms with E-state index in [0.29, 0.717) is 24.8 Å². The van der Waals surface area contributed by atoms with Gasteiger partial charge < -0.3 is 14.5 Å². The van der Waals surface area contributed by atoms with Crippen LogP contribution in [-0.2, 0) is 9.53 Å². The molecule has 102 valence electrons. The second-order valence-electron chi connectivity index (χ2n) is 4.81. The van der Waals surface area contributed by atoms with Gasteiger partial charge in [0.25, 0.3) is 0 Å². The number of carbonyl (C=O) groups is 1. The summed E-state index contributed by atoms with van der Waals surface area (Å²) in [5, 5.41) is 8.37. The molecular formula is C12H15ClN4O2. The smallest absolute Gasteiger partial charge is 0.219 e. The highest BCUT2D eigenvalue weighted by Crippen LogP contribution is 2.26. The fourth-order valence-electron chi connectivity index (χ4n) is 2.69. The van der Waals surface area contributed by atoms with Crippen LogP contribution in [0.5, 0.6) is 0 Å². The number of morpholine rings is 1. The monoisotopic (exact) mass is 282 g/mol. The number of carbonyl (C=O) groups excluding carboxylic acids is 1. The first-order chi connectivity index (χ1) is 9.15. The van der Waals surface area contributed by atoms with E-state index in [1.54, 1.807) is 13.0 Å². The van der Waals surface area contributed by atoms with Crippen molar-refractivity contribution in [3.05, 3.63) is 17.3 Å². The first kappa shape index (κ1) is 12.6. The summed E-state index contributed by atoms with van der Waals surface area (Å²) in [6.07, 6.45) is 0.0510. The average molecular weight is 283 g/mol. The van der Waals surface area contributed by atoms with E-state index in [1.165, 1.54) is 0 Å². The van der Waals surface area contributed by atoms with Crippen LogP contribution >= 0.6 is 11.6 Å². The van der Waals surface area contributed by atoms with Gasteiger partial charge in [0.15, 0.2) is 11.0 Å². The van der Waals surface area contributed by atoms with Gasteiger partial charge in [-0.3, -0.25) is 4.79 Å². The van der Waals surface area contributed by atoms with Crippen molar-refractivity contribution in [3.63, 3.8) is 0 Å². The third-order valence-corrected chi connectivity index (χ3v) is 3.86. The molecular weight excluding hydrogens is 268 g/mol. The molecule has 3 heterocycles. The van der Waals surface area contributed by atoms with Crippen LogP contribution in [0, 0.1) is 0 Å². The van der Waals surface area contributed by atoms with Gasteiger partial charge in [0.05, 0.1) is 18.8 Å². The van der Waals surface area contributed by atoms with Crippen molar-refractivity contribution in [2.24, 2.45) is 0 Å². The maximum absolute atomic E-state index is 11.5. The molecule has 3 rings (SSSR count). The molecule has 2 atom stereocenters. The number of halogens is 1. The SMILES string of the molecule is CC(=O)N1C[C@@H]2OCCN(c3ccc(Cl)nn3)[C@H]2C1. The average Bonchev–Trinajstić information content (AvgIpc) is 2.83. The normalized spacial score (nSPS) is 26.4. The number of amides is 1. The molecule has 0 N–H and O–H groups in total. The number of hydrogen-bond acceptors (Lipinski definition) is 5. The first-order valence-electron chi connectivity index (χ1n) is 6.28. The van der Waals surface area contributed by atoms with Crippen LogP contribution < -0.4 is 4.90 Å². The number of hydrogen-bond donors (Lipinski definition) is 0. The minimum atomic E-state index is 0.0510. The van der Waals surface area contributed by atoms with Crippen molar-refractivity contribution in [1.29, 1.82) is 0 Å². The Morgan fingerprint density at radius 1 is 1.42 bits per heavy atom. The maximum Gasteiger partial charge on any atom is 0.219 e. The standard InChI is InChI=1S/C12H15ClN4O2/c1-8(18)16-6-9-10(7-16)19-5-4-17(9)12-3-2-11(13)14-15-12/h2-3,9-10H,4-7H2,1H3/t9-,10-/m0/s1. The van der Waals surface area contributed by atoms with Gasteiger partial charge in [0.2, 0.25) is 5.91 Å². The quantitative estimate of drug-likeness (QED) is 0.754. The van der Waals surface area contributed by atoms with E-state index < -0.39 is 0 Å². The first-order valence-corrected chi connectivity index (χ1v) is 6.66. The van der Waals surface area contributed by atoms with Crippen LogP contribution in [0.15, 0.2) is 12.1 Å². The predicted octanol–water partition coefficient (Wildman–Crippen LogP) is 0.566. The van der Waals surface area contributed by atoms with E-state index in [2.05, 4.69) is 15.1 Å². The minimum absolute atomic E-state index is 0.0510. The molecule has 0 bridgehead atoms. The molecule has 19 heavy (non-hydrogen) atoms. The summed E-state index contributed by atoms with van der Waals surface area (Å²) in [5.74, 6) is 0.869. The zero-order chi connectivity index (χ0) is 13.4. The maximum atomic E-state index is 11.5. The minimum Gasteiger partial charge on any atom is -0.372 e. The van der Waals surface area contributed by atoms with E-state index in [1.807, 2.05) is 11.0 Å². The van der Waals surface area contributed by atoms with Crippen molar-refractivity contribution in [2.45, 2.75) is 19.1 Å². The third-order valence-electron chi connectivity index (χ3n) is 3.66. The van der Waals surface area contributed by atoms with E-state index in [-0.39, 0.29) is 18.1 Å². The van der Waals surface area contributed by atoms with Gasteiger partial charge in [0, 0.05) is 26.6 Å². The number of rotatable bonds is 1. The second kappa shape index (κ2) is 4.94. The summed E-state index contributed by atoms with van der Waals surface area (Å²) in [6, 6.07) is 3.73. The Morgan fingerprint density at radius 2 is 2.26 bits per heavy atom. The van der Waals surface area contributed by atoms with Crippen LogP contribution in [-0.4, -0.2) is 59.4 Å². The number of nitrogens with zero attached hydrogens (tertiary/aromatic N) is 4. The molecule has 2 fully saturated rings. The summed E-state index contributed by atoms with van der Waals surface area (Å²) in [4.78, 5) is 15.5. The summed E-state index contributed by atoms with van der Waals surface area (Å²) < 4.78 is 5.75. The van der Waals surface area contributed by atoms with Gasteiger partial charge in [-0.25, -0.2) is 0 Å². The van der Waals surface area contributed by atoms with E-state index in [9.17, 15) is 4.79 Å². The Bertz CT molecular complexity index is 481. The number of ether oxygens (including phenoxy) is 1. The Balaban J connectivity index is 1.82. The van der Waals surface area contributed by atoms with Gasteiger partial charge in [-0.2, -0.15) is 0 Å². The van der Waals surface area contributed by atoms with Gasteiger partial charge in [-0.15, -0.1) is 10.2 Å². The zero-order valence-electron chi connectivity index (χ0n) is 10.6. The van der Waals surface area contributed by atoms with Crippen molar-refractivity contribution in [2.75, 3.05) is 31.1 Å². The molecule has 1 amide bonds. The third kappa shape index (κ3) is 2.37. The molecule has 0 radical (unpaired) electrons. The Morgan fingerprint density at radius 3 is 2.95 bits per heavy atom. The molecule has 2 saturated heterocycles. The summed E-state index contributed by atoms with van der Waals surface area (Å²) in [5.41, 5.74) is 0. The van der Waals surface area contributed by atoms with Crippen molar-refractivity contribution >= 4 is 23.3 Å². The molecule has 0 saturated carbocycles. The van der Waals surface area contributed by atoms with Crippen LogP contribution in [0.25, 0.3) is 0 Å². The molecule has 0 spiro atoms. The molecule has 7 heteroatoms. The van der Waals surface area contributed by atoms with Crippen LogP contribution in [0.3, 0.4) is 0 Å². The second-order valence-corrected chi connectivity index (χ2v) is 5.20. The highest BCUT2D eigenvalue weighted by molar-refractivity contribution is 6.29. The van der Waals surface area contributed by atoms with Gasteiger partial charge in [-0.1, -0.05) is 11.6 Å². The van der Waals surface area contributed by atoms with Crippen molar-refractivity contribution in [1.82, 2.24) is 15.1 Å². The molecule has 2 aliphatic rings. The fourth-order valence-corrected chi connectivity index (χ4v) is 2.79. The molecule has 0 unspecified atom stereocenters. The van der Waals surface area contributed by atoms with Crippen molar-refractivity contribution < 1.29 is 9.53 Å². The predicted molar refractivity (Wildman–Crippen MR) is 70.2 cm³/mol. The van der Waals surface area contributed by atoms with Crippen LogP contribution in [0.4, 0.5) is 5.82 Å². The Hall–Kier alpha value is -1.40. The lowest BCUT2D eigenvalue weighted by Gasteiger charge is -2.37. The molecule has 0 aliphatic carbocycles. The number of fused-ring (bicyclic) bond motifs is 1. The highest BCUT2D eigenvalue weighted by atomic mass is 35.5. The Kier molecular flexibility index (Phi) is 3.28. The molecule has 0 aromatic carbocycles. The number of likely N-dealkylation sites (tertiary alicyclic amines) is 1. The van der Waals surface area contributed by atoms with Crippen molar-refractivity contribution in [3.8, 4) is 0 Å². The van der Waals surface area contributed by atoms with E-state index >= 15 is 0 Å². The Labute approximate surface area is 116 Å². The van der Waals surface area contributed by atoms with E-state index in [0.717, 1.165) is 12.4 Å². The molecule has 1 aromatic heterocycles. The largest absolute Gasteiger partial charge is 0.372 e. The molecule has 2 aliphatic heterocycles. The van der Waals surface area contributed by atoms with Gasteiger partial charge >= 0.3 is 0 Å². The van der Waals surface area contributed by atoms with Gasteiger partial charge in [-0.05, 0) is 12.1 Å².